The van der Waals surface area contributed by atoms with E-state index in [2.05, 4.69) is 29.6 Å². The van der Waals surface area contributed by atoms with Gasteiger partial charge in [0.25, 0.3) is 16.0 Å². The maximum Gasteiger partial charge on any atom is 0.356 e. The van der Waals surface area contributed by atoms with Gasteiger partial charge in [0.15, 0.2) is 5.16 Å². The molecule has 7 N–H and O–H groups in total. The number of carboxylic acids is 1. The molecule has 1 amide bonds. The highest BCUT2D eigenvalue weighted by atomic mass is 32.2. The normalized spacial score (nSPS) is 11.9. The van der Waals surface area contributed by atoms with Crippen LogP contribution in [0.4, 0.5) is 44.2 Å². The molecule has 15 rings (SSSR count). The number of amides is 1. The van der Waals surface area contributed by atoms with Gasteiger partial charge in [-0.2, -0.15) is 13.4 Å². The second-order valence-corrected chi connectivity index (χ2v) is 39.9. The minimum Gasteiger partial charge on any atom is -0.507 e. The van der Waals surface area contributed by atoms with Gasteiger partial charge in [-0.05, 0) is 256 Å². The van der Waals surface area contributed by atoms with Gasteiger partial charge in [0.2, 0.25) is 37.9 Å². The number of nitrogens with one attached hydrogen (secondary N) is 2. The van der Waals surface area contributed by atoms with Gasteiger partial charge in [0.05, 0.1) is 83.4 Å². The number of ether oxygens (including phenoxy) is 1. The Morgan fingerprint density at radius 3 is 1.24 bits per heavy atom. The monoisotopic (exact) mass is 1900 g/mol. The van der Waals surface area contributed by atoms with E-state index < -0.39 is 66.2 Å². The fourth-order valence-electron chi connectivity index (χ4n) is 13.3. The summed E-state index contributed by atoms with van der Waals surface area (Å²) in [6.45, 7) is 23.5. The first-order chi connectivity index (χ1) is 61.3. The van der Waals surface area contributed by atoms with Gasteiger partial charge < -0.3 is 39.4 Å². The zero-order valence-electron chi connectivity index (χ0n) is 73.9. The predicted octanol–water partition coefficient (Wildman–Crippen LogP) is 17.0. The molecule has 131 heavy (non-hydrogen) atoms. The maximum atomic E-state index is 14.2. The van der Waals surface area contributed by atoms with Gasteiger partial charge in [-0.15, -0.1) is 0 Å². The van der Waals surface area contributed by atoms with E-state index in [9.17, 15) is 85.7 Å². The summed E-state index contributed by atoms with van der Waals surface area (Å²) in [5.41, 5.74) is 8.96. The maximum absolute atomic E-state index is 14.2. The summed E-state index contributed by atoms with van der Waals surface area (Å²) in [5.74, 6) is -3.45. The van der Waals surface area contributed by atoms with Crippen LogP contribution >= 0.6 is 19.4 Å². The molecule has 0 radical (unpaired) electrons. The number of carbonyl (C=O) groups excluding carboxylic acids is 1. The number of sulfonamides is 2. The molecular weight excluding hydrogens is 1800 g/mol. The van der Waals surface area contributed by atoms with E-state index in [1.807, 2.05) is 124 Å². The largest absolute Gasteiger partial charge is 0.507 e. The van der Waals surface area contributed by atoms with Crippen LogP contribution in [0, 0.1) is 34.9 Å². The van der Waals surface area contributed by atoms with Crippen molar-refractivity contribution in [3.05, 3.63) is 246 Å². The van der Waals surface area contributed by atoms with Crippen LogP contribution in [0.25, 0.3) is 83.6 Å². The minimum absolute atomic E-state index is 0.00912. The molecule has 0 saturated carbocycles. The number of carboxylic acid groups (broad SMARTS) is 1. The van der Waals surface area contributed by atoms with E-state index >= 15 is 0 Å². The summed E-state index contributed by atoms with van der Waals surface area (Å²) in [7, 11) is -9.36. The Labute approximate surface area is 755 Å². The van der Waals surface area contributed by atoms with Crippen molar-refractivity contribution in [2.45, 2.75) is 133 Å². The molecule has 692 valence electrons. The minimum atomic E-state index is -4.74. The average Bonchev–Trinajstić information content (AvgIpc) is 1.64. The molecular formula is C90H96F6N15O15PS4. The number of fused-ring (bicyclic) bond motifs is 5. The molecule has 0 saturated heterocycles. The van der Waals surface area contributed by atoms with E-state index in [-0.39, 0.29) is 103 Å². The average molecular weight is 1900 g/mol. The van der Waals surface area contributed by atoms with Crippen molar-refractivity contribution in [3.8, 4) is 40.2 Å². The second kappa shape index (κ2) is 40.0. The van der Waals surface area contributed by atoms with Gasteiger partial charge in [-0.3, -0.25) is 36.7 Å². The number of aromatic hydroxyl groups is 1. The van der Waals surface area contributed by atoms with E-state index in [0.29, 0.717) is 73.0 Å². The van der Waals surface area contributed by atoms with Gasteiger partial charge in [0.1, 0.15) is 51.1 Å². The number of benzene rings is 10. The van der Waals surface area contributed by atoms with Crippen molar-refractivity contribution < 1.29 is 95.0 Å². The standard InChI is InChI=1S/C19H21FN4O3S.C19H22FN2O3PS.C18H21FN4O2S.C18H18FN3O3.C16H14F2N2O4S/c1-12(2)23(3)19-21-16-11-13(18(25)22-28(4,26)27)5-10-17(16)24(19)15-8-6-14(20)7-9-15;1-11(2)15-9-17-16(10-18(15)26(23,24)25)21-19(27-12(3)4)22(17)14-7-5-13(20)6-8-14;1-12(2)22(4)18-21-16-11-15(26(24,25)20-3)9-10-17(16)23(18)14-7-5-13(19)6-8-14;1-10(2)21(3)18-20-14-8-13(17(24)25)16(23)9-15(14)22(18)12-6-4-11(19)5-7-12;1-9(2)24-16-19-13-8-15(25(21,22)23)12(18)7-14(13)20(16)11-5-3-10(17)4-6-11/h5-12H,1-4H3,(H,22,25);5-12H,1-4H3,(H2,23,24,25);5-12,20H,1-4H3;4-10,23H,1-3H3,(H,24,25);3-9H,1-2H3,(H,21,22,23). The number of nitrogens with zero attached hydrogens (tertiary/aromatic N) is 13. The van der Waals surface area contributed by atoms with Crippen LogP contribution in [0.3, 0.4) is 0 Å². The Morgan fingerprint density at radius 1 is 0.473 bits per heavy atom. The SMILES string of the molecule is CC(C)N(C)c1nc2cc(C(=O)NS(C)(=O)=O)ccc2n1-c1ccc(F)cc1.CC(C)N(C)c1nc2cc(C(=O)O)c(O)cc2n1-c1ccc(F)cc1.CC(C)Oc1nc2cc(S(=O)(=O)O)c(F)cc2n1-c1ccc(F)cc1.CC(C)Sc1nc2cc(P(=O)(O)O)c(C(C)C)cc2n1-c1ccc(F)cc1.CNS(=O)(=O)c1ccc2c(c1)nc(N(C)C(C)C)n2-c1ccc(F)cc1. The van der Waals surface area contributed by atoms with E-state index in [0.717, 1.165) is 46.5 Å². The number of aromatic nitrogens is 10. The van der Waals surface area contributed by atoms with E-state index in [4.69, 9.17) is 9.29 Å². The highest BCUT2D eigenvalue weighted by Gasteiger charge is 2.30. The zero-order chi connectivity index (χ0) is 96.3. The highest BCUT2D eigenvalue weighted by Crippen LogP contribution is 2.42. The molecule has 0 aliphatic carbocycles. The molecule has 0 bridgehead atoms. The smallest absolute Gasteiger partial charge is 0.356 e. The molecule has 0 aliphatic heterocycles. The second-order valence-electron chi connectivity index (χ2n) is 31.8. The summed E-state index contributed by atoms with van der Waals surface area (Å²) in [4.78, 5) is 70.7. The molecule has 10 aromatic carbocycles. The van der Waals surface area contributed by atoms with Gasteiger partial charge in [0, 0.05) is 85.0 Å². The van der Waals surface area contributed by atoms with Crippen molar-refractivity contribution >= 4 is 140 Å². The number of aromatic carboxylic acids is 1. The number of hydrogen-bond acceptors (Lipinski definition) is 20. The first-order valence-electron chi connectivity index (χ1n) is 40.5. The Balaban J connectivity index is 0.000000158. The van der Waals surface area contributed by atoms with Gasteiger partial charge >= 0.3 is 19.6 Å². The molecule has 0 aliphatic rings. The number of imidazole rings is 5. The number of phenols is 1. The fourth-order valence-corrected chi connectivity index (χ4v) is 16.9. The summed E-state index contributed by atoms with van der Waals surface area (Å²) in [5, 5.41) is 20.2. The predicted molar refractivity (Wildman–Crippen MR) is 495 cm³/mol. The lowest BCUT2D eigenvalue weighted by Crippen LogP contribution is -2.29. The zero-order valence-corrected chi connectivity index (χ0v) is 78.1. The molecule has 0 atom stereocenters. The fraction of sp³-hybridized carbons (Fsp3) is 0.256. The van der Waals surface area contributed by atoms with Crippen LogP contribution in [0.5, 0.6) is 11.8 Å². The number of thioether (sulfide) groups is 1. The van der Waals surface area contributed by atoms with Crippen LogP contribution in [0.15, 0.2) is 209 Å². The number of rotatable bonds is 23. The third-order valence-electron chi connectivity index (χ3n) is 20.4. The van der Waals surface area contributed by atoms with Crippen LogP contribution < -0.4 is 34.2 Å². The van der Waals surface area contributed by atoms with Crippen LogP contribution in [-0.2, 0) is 34.7 Å². The van der Waals surface area contributed by atoms with Crippen molar-refractivity contribution in [2.75, 3.05) is 49.1 Å². The summed E-state index contributed by atoms with van der Waals surface area (Å²) >= 11 is 1.54. The first-order valence-corrected chi connectivity index (χ1v) is 47.8. The van der Waals surface area contributed by atoms with Crippen LogP contribution in [-0.4, -0.2) is 173 Å². The lowest BCUT2D eigenvalue weighted by atomic mass is 10.0. The Bertz CT molecular complexity index is 7180. The van der Waals surface area contributed by atoms with Crippen molar-refractivity contribution in [1.29, 1.82) is 0 Å². The Morgan fingerprint density at radius 2 is 0.855 bits per heavy atom. The molecule has 41 heteroatoms. The Kier molecular flexibility index (Phi) is 30.2. The van der Waals surface area contributed by atoms with Crippen molar-refractivity contribution in [3.63, 3.8) is 0 Å². The van der Waals surface area contributed by atoms with Crippen LogP contribution in [0.2, 0.25) is 0 Å². The first kappa shape index (κ1) is 98.9. The third kappa shape index (κ3) is 22.9. The molecule has 0 spiro atoms. The molecule has 5 aromatic heterocycles. The molecule has 0 fully saturated rings. The lowest BCUT2D eigenvalue weighted by Gasteiger charge is -2.23. The highest BCUT2D eigenvalue weighted by molar-refractivity contribution is 7.99. The molecule has 5 heterocycles. The van der Waals surface area contributed by atoms with E-state index in [1.165, 1.54) is 121 Å². The third-order valence-corrected chi connectivity index (χ3v) is 25.2. The van der Waals surface area contributed by atoms with E-state index in [1.54, 1.807) is 103 Å². The molecule has 0 unspecified atom stereocenters. The number of hydrogen-bond donors (Lipinski definition) is 7. The van der Waals surface area contributed by atoms with Crippen molar-refractivity contribution in [2.24, 2.45) is 0 Å². The topological polar surface area (TPSA) is 387 Å². The number of halogens is 6. The number of carbonyl (C=O) groups is 2. The molecule has 30 nitrogen and oxygen atoms in total. The Hall–Kier alpha value is -12.7. The number of anilines is 3. The lowest BCUT2D eigenvalue weighted by molar-refractivity contribution is 0.0693. The van der Waals surface area contributed by atoms with Gasteiger partial charge in [-0.25, -0.2) is 77.4 Å². The van der Waals surface area contributed by atoms with Gasteiger partial charge in [-0.1, -0.05) is 39.5 Å². The summed E-state index contributed by atoms with van der Waals surface area (Å²) in [6.07, 6.45) is 0.657. The van der Waals surface area contributed by atoms with Crippen LogP contribution in [0.1, 0.15) is 115 Å². The molecule has 15 aromatic rings. The quantitative estimate of drug-likeness (QED) is 0.0135. The summed E-state index contributed by atoms with van der Waals surface area (Å²) in [6, 6.07) is 47.5. The van der Waals surface area contributed by atoms with Crippen molar-refractivity contribution in [1.82, 2.24) is 57.2 Å². The summed E-state index contributed by atoms with van der Waals surface area (Å²) < 4.78 is 190.